The molecule has 0 spiro atoms. The monoisotopic (exact) mass is 211 g/mol. The average Bonchev–Trinajstić information content (AvgIpc) is 2.04. The fourth-order valence-corrected chi connectivity index (χ4v) is 1.22. The summed E-state index contributed by atoms with van der Waals surface area (Å²) in [5.41, 5.74) is 0.530. The second-order valence-electron chi connectivity index (χ2n) is 1.99. The van der Waals surface area contributed by atoms with Crippen molar-refractivity contribution < 1.29 is 4.79 Å². The lowest BCUT2D eigenvalue weighted by atomic mass is 10.1. The molecule has 1 aromatic rings. The van der Waals surface area contributed by atoms with Gasteiger partial charge in [0.2, 0.25) is 5.78 Å². The van der Waals surface area contributed by atoms with E-state index in [2.05, 4.69) is 15.9 Å². The molecule has 1 aromatic carbocycles. The van der Waals surface area contributed by atoms with Gasteiger partial charge in [0.15, 0.2) is 0 Å². The highest BCUT2D eigenvalue weighted by Crippen LogP contribution is 2.15. The molecule has 0 aliphatic carbocycles. The van der Waals surface area contributed by atoms with Crippen molar-refractivity contribution in [1.82, 2.24) is 0 Å². The number of ketones is 1. The molecule has 11 heavy (non-hydrogen) atoms. The summed E-state index contributed by atoms with van der Waals surface area (Å²) in [5, 5.41) is 6.75. The second kappa shape index (κ2) is 3.44. The first-order valence-electron chi connectivity index (χ1n) is 3.05. The van der Waals surface area contributed by atoms with Gasteiger partial charge in [0.05, 0.1) is 6.21 Å². The third kappa shape index (κ3) is 1.74. The largest absolute Gasteiger partial charge is 0.305 e. The third-order valence-corrected chi connectivity index (χ3v) is 1.96. The number of Topliss-reactive ketones (excluding diaryl/α,β-unsaturated/α-hetero) is 1. The van der Waals surface area contributed by atoms with Crippen LogP contribution >= 0.6 is 15.9 Å². The number of benzene rings is 1. The van der Waals surface area contributed by atoms with Crippen molar-refractivity contribution in [1.29, 1.82) is 5.41 Å². The van der Waals surface area contributed by atoms with Crippen LogP contribution < -0.4 is 0 Å². The zero-order valence-electron chi connectivity index (χ0n) is 5.67. The predicted molar refractivity (Wildman–Crippen MR) is 47.3 cm³/mol. The number of carbonyl (C=O) groups is 1. The number of hydrogen-bond donors (Lipinski definition) is 1. The quantitative estimate of drug-likeness (QED) is 0.592. The lowest BCUT2D eigenvalue weighted by Crippen LogP contribution is -1.99. The maximum absolute atomic E-state index is 11.0. The first-order chi connectivity index (χ1) is 5.25. The van der Waals surface area contributed by atoms with Crippen molar-refractivity contribution in [2.24, 2.45) is 0 Å². The van der Waals surface area contributed by atoms with Crippen LogP contribution in [0.2, 0.25) is 0 Å². The first kappa shape index (κ1) is 8.14. The highest BCUT2D eigenvalue weighted by Gasteiger charge is 2.04. The predicted octanol–water partition coefficient (Wildman–Crippen LogP) is 2.28. The van der Waals surface area contributed by atoms with Crippen molar-refractivity contribution in [3.05, 3.63) is 34.3 Å². The molecule has 0 bridgehead atoms. The molecule has 56 valence electrons. The number of halogens is 1. The topological polar surface area (TPSA) is 40.9 Å². The Morgan fingerprint density at radius 2 is 2.09 bits per heavy atom. The molecule has 1 N–H and O–H groups in total. The molecule has 0 heterocycles. The van der Waals surface area contributed by atoms with E-state index in [9.17, 15) is 4.79 Å². The van der Waals surface area contributed by atoms with Gasteiger partial charge in [0, 0.05) is 10.0 Å². The summed E-state index contributed by atoms with van der Waals surface area (Å²) < 4.78 is 0.730. The van der Waals surface area contributed by atoms with Crippen molar-refractivity contribution in [2.45, 2.75) is 0 Å². The Kier molecular flexibility index (Phi) is 2.54. The van der Waals surface area contributed by atoms with E-state index in [-0.39, 0.29) is 5.78 Å². The molecular formula is C8H6BrNO. The molecule has 0 unspecified atom stereocenters. The standard InChI is InChI=1S/C8H6BrNO/c9-7-4-2-1-3-6(7)8(11)5-10/h1-5,10H. The average molecular weight is 212 g/mol. The van der Waals surface area contributed by atoms with Crippen molar-refractivity contribution in [3.8, 4) is 0 Å². The van der Waals surface area contributed by atoms with Crippen LogP contribution in [0.3, 0.4) is 0 Å². The van der Waals surface area contributed by atoms with Crippen molar-refractivity contribution >= 4 is 27.9 Å². The van der Waals surface area contributed by atoms with E-state index < -0.39 is 0 Å². The molecule has 2 nitrogen and oxygen atoms in total. The van der Waals surface area contributed by atoms with Gasteiger partial charge in [-0.1, -0.05) is 28.1 Å². The van der Waals surface area contributed by atoms with Gasteiger partial charge in [-0.05, 0) is 12.1 Å². The zero-order valence-corrected chi connectivity index (χ0v) is 7.26. The van der Waals surface area contributed by atoms with E-state index in [1.54, 1.807) is 18.2 Å². The summed E-state index contributed by atoms with van der Waals surface area (Å²) >= 11 is 3.21. The fourth-order valence-electron chi connectivity index (χ4n) is 0.739. The van der Waals surface area contributed by atoms with E-state index >= 15 is 0 Å². The number of nitrogens with one attached hydrogen (secondary N) is 1. The van der Waals surface area contributed by atoms with Gasteiger partial charge in [-0.2, -0.15) is 0 Å². The molecule has 0 aromatic heterocycles. The number of hydrogen-bond acceptors (Lipinski definition) is 2. The van der Waals surface area contributed by atoms with Gasteiger partial charge in [-0.25, -0.2) is 0 Å². The Morgan fingerprint density at radius 1 is 1.45 bits per heavy atom. The van der Waals surface area contributed by atoms with E-state index in [1.807, 2.05) is 6.07 Å². The molecule has 1 rings (SSSR count). The number of rotatable bonds is 2. The van der Waals surface area contributed by atoms with Gasteiger partial charge < -0.3 is 5.41 Å². The lowest BCUT2D eigenvalue weighted by molar-refractivity contribution is 0.106. The summed E-state index contributed by atoms with van der Waals surface area (Å²) in [6.07, 6.45) is 0.806. The second-order valence-corrected chi connectivity index (χ2v) is 2.84. The van der Waals surface area contributed by atoms with Crippen LogP contribution in [0.5, 0.6) is 0 Å². The maximum atomic E-state index is 11.0. The highest BCUT2D eigenvalue weighted by molar-refractivity contribution is 9.10. The van der Waals surface area contributed by atoms with Gasteiger partial charge >= 0.3 is 0 Å². The summed E-state index contributed by atoms with van der Waals surface area (Å²) in [7, 11) is 0. The van der Waals surface area contributed by atoms with Gasteiger partial charge in [0.1, 0.15) is 0 Å². The van der Waals surface area contributed by atoms with E-state index in [0.29, 0.717) is 5.56 Å². The molecule has 0 atom stereocenters. The van der Waals surface area contributed by atoms with Crippen LogP contribution in [0.15, 0.2) is 28.7 Å². The SMILES string of the molecule is N=CC(=O)c1ccccc1Br. The van der Waals surface area contributed by atoms with Crippen LogP contribution in [0.1, 0.15) is 10.4 Å². The maximum Gasteiger partial charge on any atom is 0.204 e. The molecule has 0 radical (unpaired) electrons. The Morgan fingerprint density at radius 3 is 2.64 bits per heavy atom. The van der Waals surface area contributed by atoms with Crippen molar-refractivity contribution in [2.75, 3.05) is 0 Å². The van der Waals surface area contributed by atoms with Crippen LogP contribution in [0.25, 0.3) is 0 Å². The van der Waals surface area contributed by atoms with Gasteiger partial charge in [-0.3, -0.25) is 4.79 Å². The molecule has 0 aliphatic heterocycles. The lowest BCUT2D eigenvalue weighted by Gasteiger charge is -1.96. The molecular weight excluding hydrogens is 206 g/mol. The molecule has 3 heteroatoms. The highest BCUT2D eigenvalue weighted by atomic mass is 79.9. The van der Waals surface area contributed by atoms with Crippen LogP contribution in [-0.2, 0) is 0 Å². The minimum absolute atomic E-state index is 0.280. The summed E-state index contributed by atoms with van der Waals surface area (Å²) in [6.45, 7) is 0. The Hall–Kier alpha value is -0.960. The minimum Gasteiger partial charge on any atom is -0.305 e. The van der Waals surface area contributed by atoms with E-state index in [4.69, 9.17) is 5.41 Å². The van der Waals surface area contributed by atoms with Crippen molar-refractivity contribution in [3.63, 3.8) is 0 Å². The molecule has 0 amide bonds. The molecule has 0 saturated carbocycles. The Labute approximate surface area is 72.9 Å². The minimum atomic E-state index is -0.280. The van der Waals surface area contributed by atoms with E-state index in [1.165, 1.54) is 0 Å². The van der Waals surface area contributed by atoms with E-state index in [0.717, 1.165) is 10.7 Å². The smallest absolute Gasteiger partial charge is 0.204 e. The molecule has 0 aliphatic rings. The summed E-state index contributed by atoms with van der Waals surface area (Å²) in [6, 6.07) is 7.04. The van der Waals surface area contributed by atoms with Crippen LogP contribution in [-0.4, -0.2) is 12.0 Å². The van der Waals surface area contributed by atoms with Gasteiger partial charge in [0.25, 0.3) is 0 Å². The normalized spacial score (nSPS) is 9.18. The fraction of sp³-hybridized carbons (Fsp3) is 0. The first-order valence-corrected chi connectivity index (χ1v) is 3.84. The Bertz CT molecular complexity index is 296. The molecule has 0 saturated heterocycles. The zero-order chi connectivity index (χ0) is 8.27. The summed E-state index contributed by atoms with van der Waals surface area (Å²) in [5.74, 6) is -0.280. The third-order valence-electron chi connectivity index (χ3n) is 1.27. The van der Waals surface area contributed by atoms with Crippen LogP contribution in [0.4, 0.5) is 0 Å². The summed E-state index contributed by atoms with van der Waals surface area (Å²) in [4.78, 5) is 11.0. The Balaban J connectivity index is 3.13. The van der Waals surface area contributed by atoms with Gasteiger partial charge in [-0.15, -0.1) is 0 Å². The number of carbonyl (C=O) groups excluding carboxylic acids is 1. The van der Waals surface area contributed by atoms with Crippen LogP contribution in [0, 0.1) is 5.41 Å². The molecule has 0 fully saturated rings.